The van der Waals surface area contributed by atoms with Crippen LogP contribution >= 0.6 is 0 Å². The lowest BCUT2D eigenvalue weighted by Crippen LogP contribution is -2.41. The SMILES string of the molecule is O=C(CCO)NCCCCC(NC(=O)CCO)C(=O)ON=S. The summed E-state index contributed by atoms with van der Waals surface area (Å²) in [5, 5.41) is 22.3. The van der Waals surface area contributed by atoms with Gasteiger partial charge in [-0.3, -0.25) is 9.59 Å². The lowest BCUT2D eigenvalue weighted by molar-refractivity contribution is -0.147. The van der Waals surface area contributed by atoms with Gasteiger partial charge < -0.3 is 25.7 Å². The smallest absolute Gasteiger partial charge is 0.358 e. The average Bonchev–Trinajstić information content (AvgIpc) is 2.46. The minimum absolute atomic E-state index is 0.0481. The summed E-state index contributed by atoms with van der Waals surface area (Å²) in [4.78, 5) is 38.4. The van der Waals surface area contributed by atoms with E-state index in [-0.39, 0.29) is 38.4 Å². The molecule has 9 nitrogen and oxygen atoms in total. The summed E-state index contributed by atoms with van der Waals surface area (Å²) in [5.41, 5.74) is 0. The third-order valence-electron chi connectivity index (χ3n) is 2.67. The van der Waals surface area contributed by atoms with Gasteiger partial charge in [0.05, 0.1) is 25.6 Å². The average molecular weight is 335 g/mol. The largest absolute Gasteiger partial charge is 0.396 e. The van der Waals surface area contributed by atoms with Crippen LogP contribution in [0.3, 0.4) is 0 Å². The van der Waals surface area contributed by atoms with Crippen molar-refractivity contribution in [2.24, 2.45) is 4.53 Å². The highest BCUT2D eigenvalue weighted by Gasteiger charge is 2.22. The lowest BCUT2D eigenvalue weighted by Gasteiger charge is -2.15. The van der Waals surface area contributed by atoms with Crippen molar-refractivity contribution in [3.63, 3.8) is 0 Å². The number of amides is 2. The molecule has 1 unspecified atom stereocenters. The quantitative estimate of drug-likeness (QED) is 0.257. The van der Waals surface area contributed by atoms with Crippen molar-refractivity contribution in [3.05, 3.63) is 0 Å². The van der Waals surface area contributed by atoms with E-state index >= 15 is 0 Å². The van der Waals surface area contributed by atoms with Crippen LogP contribution in [0.15, 0.2) is 4.53 Å². The Morgan fingerprint density at radius 2 is 1.73 bits per heavy atom. The highest BCUT2D eigenvalue weighted by molar-refractivity contribution is 7.47. The van der Waals surface area contributed by atoms with E-state index in [4.69, 9.17) is 10.2 Å². The van der Waals surface area contributed by atoms with E-state index in [1.165, 1.54) is 0 Å². The molecule has 2 amide bonds. The van der Waals surface area contributed by atoms with Crippen molar-refractivity contribution in [2.45, 2.75) is 38.1 Å². The zero-order valence-corrected chi connectivity index (χ0v) is 12.9. The Morgan fingerprint density at radius 3 is 2.32 bits per heavy atom. The first-order valence-corrected chi connectivity index (χ1v) is 7.23. The van der Waals surface area contributed by atoms with Crippen molar-refractivity contribution in [3.8, 4) is 0 Å². The van der Waals surface area contributed by atoms with Gasteiger partial charge in [-0.1, -0.05) is 0 Å². The molecule has 0 radical (unpaired) electrons. The van der Waals surface area contributed by atoms with E-state index in [1.54, 1.807) is 0 Å². The van der Waals surface area contributed by atoms with E-state index in [0.717, 1.165) is 0 Å². The molecule has 0 heterocycles. The molecule has 0 aliphatic carbocycles. The van der Waals surface area contributed by atoms with Crippen molar-refractivity contribution in [2.75, 3.05) is 19.8 Å². The molecule has 0 bridgehead atoms. The summed E-state index contributed by atoms with van der Waals surface area (Å²) in [6.45, 7) is -0.131. The molecule has 0 spiro atoms. The summed E-state index contributed by atoms with van der Waals surface area (Å²) in [6.07, 6.45) is 1.34. The first-order chi connectivity index (χ1) is 10.5. The number of unbranched alkanes of at least 4 members (excludes halogenated alkanes) is 1. The summed E-state index contributed by atoms with van der Waals surface area (Å²) in [5.74, 6) is -1.50. The molecule has 0 rings (SSSR count). The second kappa shape index (κ2) is 13.0. The maximum absolute atomic E-state index is 11.6. The second-order valence-corrected chi connectivity index (χ2v) is 4.55. The molecule has 10 heteroatoms. The number of aliphatic hydroxyl groups excluding tert-OH is 2. The van der Waals surface area contributed by atoms with Crippen LogP contribution in [0.1, 0.15) is 32.1 Å². The van der Waals surface area contributed by atoms with Crippen molar-refractivity contribution in [1.82, 2.24) is 10.6 Å². The van der Waals surface area contributed by atoms with Gasteiger partial charge in [0.1, 0.15) is 6.04 Å². The van der Waals surface area contributed by atoms with E-state index in [1.807, 2.05) is 0 Å². The molecule has 126 valence electrons. The monoisotopic (exact) mass is 335 g/mol. The van der Waals surface area contributed by atoms with Crippen LogP contribution in [-0.2, 0) is 31.6 Å². The molecule has 4 N–H and O–H groups in total. The van der Waals surface area contributed by atoms with Gasteiger partial charge in [0.25, 0.3) is 0 Å². The molecule has 0 aliphatic heterocycles. The molecule has 0 saturated heterocycles. The molecular weight excluding hydrogens is 314 g/mol. The van der Waals surface area contributed by atoms with Crippen molar-refractivity contribution in [1.29, 1.82) is 0 Å². The Kier molecular flexibility index (Phi) is 12.1. The minimum atomic E-state index is -0.904. The molecule has 0 aliphatic rings. The van der Waals surface area contributed by atoms with Crippen LogP contribution in [0.5, 0.6) is 0 Å². The van der Waals surface area contributed by atoms with Gasteiger partial charge in [0, 0.05) is 19.4 Å². The van der Waals surface area contributed by atoms with Gasteiger partial charge >= 0.3 is 5.97 Å². The summed E-state index contributed by atoms with van der Waals surface area (Å²) < 4.78 is 2.85. The molecular formula is C12H21N3O6S. The molecule has 22 heavy (non-hydrogen) atoms. The maximum Gasteiger partial charge on any atom is 0.358 e. The molecule has 0 aromatic carbocycles. The van der Waals surface area contributed by atoms with Crippen LogP contribution in [0, 0.1) is 0 Å². The van der Waals surface area contributed by atoms with Gasteiger partial charge in [-0.05, 0) is 23.8 Å². The van der Waals surface area contributed by atoms with Crippen molar-refractivity contribution >= 4 is 30.2 Å². The normalized spacial score (nSPS) is 11.4. The highest BCUT2D eigenvalue weighted by Crippen LogP contribution is 2.04. The number of nitrogens with zero attached hydrogens (tertiary/aromatic N) is 1. The van der Waals surface area contributed by atoms with Crippen LogP contribution < -0.4 is 10.6 Å². The van der Waals surface area contributed by atoms with Gasteiger partial charge in [0.2, 0.25) is 11.8 Å². The predicted octanol–water partition coefficient (Wildman–Crippen LogP) is -1.29. The number of nitrogens with one attached hydrogen (secondary N) is 2. The van der Waals surface area contributed by atoms with Crippen LogP contribution in [-0.4, -0.2) is 53.8 Å². The van der Waals surface area contributed by atoms with Crippen LogP contribution in [0.2, 0.25) is 0 Å². The summed E-state index contributed by atoms with van der Waals surface area (Å²) >= 11 is 4.18. The summed E-state index contributed by atoms with van der Waals surface area (Å²) in [6, 6.07) is -0.904. The van der Waals surface area contributed by atoms with Gasteiger partial charge in [0.15, 0.2) is 0 Å². The Morgan fingerprint density at radius 1 is 1.09 bits per heavy atom. The third kappa shape index (κ3) is 10.1. The number of aliphatic hydroxyl groups is 2. The number of carbonyl (C=O) groups excluding carboxylic acids is 3. The first kappa shape index (κ1) is 20.3. The van der Waals surface area contributed by atoms with Gasteiger partial charge in [-0.2, -0.15) is 0 Å². The molecule has 0 aromatic heterocycles. The second-order valence-electron chi connectivity index (χ2n) is 4.40. The lowest BCUT2D eigenvalue weighted by atomic mass is 10.1. The number of rotatable bonds is 12. The zero-order chi connectivity index (χ0) is 16.8. The third-order valence-corrected chi connectivity index (χ3v) is 2.74. The first-order valence-electron chi connectivity index (χ1n) is 6.86. The van der Waals surface area contributed by atoms with Crippen molar-refractivity contribution < 1.29 is 29.4 Å². The fourth-order valence-corrected chi connectivity index (χ4v) is 1.68. The van der Waals surface area contributed by atoms with E-state index < -0.39 is 17.9 Å². The van der Waals surface area contributed by atoms with Crippen LogP contribution in [0.4, 0.5) is 0 Å². The fourth-order valence-electron chi connectivity index (χ4n) is 1.61. The molecule has 0 saturated carbocycles. The molecule has 0 fully saturated rings. The number of carbonyl (C=O) groups is 3. The Bertz CT molecular complexity index is 380. The predicted molar refractivity (Wildman–Crippen MR) is 78.1 cm³/mol. The Labute approximate surface area is 133 Å². The van der Waals surface area contributed by atoms with E-state index in [2.05, 4.69) is 32.4 Å². The highest BCUT2D eigenvalue weighted by atomic mass is 32.1. The molecule has 0 aromatic rings. The van der Waals surface area contributed by atoms with Gasteiger partial charge in [-0.15, -0.1) is 0 Å². The standard InChI is InChI=1S/C12H21N3O6S/c16-7-4-10(18)13-6-2-1-3-9(12(20)21-15-22)14-11(19)5-8-17/h9,16-17H,1-8H2,(H,13,18)(H,14,19). The minimum Gasteiger partial charge on any atom is -0.396 e. The van der Waals surface area contributed by atoms with Gasteiger partial charge in [-0.25, -0.2) is 4.79 Å². The topological polar surface area (TPSA) is 137 Å². The van der Waals surface area contributed by atoms with Crippen LogP contribution in [0.25, 0.3) is 0 Å². The fraction of sp³-hybridized carbons (Fsp3) is 0.750. The number of hydrogen-bond donors (Lipinski definition) is 4. The maximum atomic E-state index is 11.6. The number of hydrogen-bond acceptors (Lipinski definition) is 8. The summed E-state index contributed by atoms with van der Waals surface area (Å²) in [7, 11) is 0. The molecule has 1 atom stereocenters. The Balaban J connectivity index is 4.12. The Hall–Kier alpha value is -1.65. The zero-order valence-electron chi connectivity index (χ0n) is 12.1. The van der Waals surface area contributed by atoms with E-state index in [0.29, 0.717) is 19.4 Å². The van der Waals surface area contributed by atoms with E-state index in [9.17, 15) is 14.4 Å².